The zero-order chi connectivity index (χ0) is 13.7. The van der Waals surface area contributed by atoms with Gasteiger partial charge in [0.05, 0.1) is 0 Å². The molecule has 0 spiro atoms. The Balaban J connectivity index is 2.33. The summed E-state index contributed by atoms with van der Waals surface area (Å²) >= 11 is 5.73. The van der Waals surface area contributed by atoms with Gasteiger partial charge in [-0.1, -0.05) is 16.8 Å². The topological polar surface area (TPSA) is 69.8 Å². The molecule has 2 heterocycles. The fourth-order valence-electron chi connectivity index (χ4n) is 1.44. The number of aromatic nitrogens is 1. The van der Waals surface area contributed by atoms with E-state index in [4.69, 9.17) is 11.6 Å². The highest BCUT2D eigenvalue weighted by molar-refractivity contribution is 6.25. The predicted octanol–water partition coefficient (Wildman–Crippen LogP) is 1.45. The van der Waals surface area contributed by atoms with Gasteiger partial charge in [-0.2, -0.15) is 13.2 Å². The van der Waals surface area contributed by atoms with E-state index in [-0.39, 0.29) is 0 Å². The van der Waals surface area contributed by atoms with Crippen LogP contribution in [0.2, 0.25) is 0 Å². The summed E-state index contributed by atoms with van der Waals surface area (Å²) in [4.78, 5) is 13.2. The van der Waals surface area contributed by atoms with Gasteiger partial charge in [-0.05, 0) is 0 Å². The van der Waals surface area contributed by atoms with Crippen LogP contribution in [0, 0.1) is 0 Å². The van der Waals surface area contributed by atoms with Crippen LogP contribution < -0.4 is 4.90 Å². The minimum Gasteiger partial charge on any atom is -0.370 e. The molecule has 1 aliphatic rings. The van der Waals surface area contributed by atoms with E-state index in [1.54, 1.807) is 0 Å². The SMILES string of the molecule is CN1C(=O)N(c2cc(C(F)(F)F)on2)C(Cl)C1O. The Morgan fingerprint density at radius 3 is 2.56 bits per heavy atom. The third kappa shape index (κ3) is 1.89. The van der Waals surface area contributed by atoms with E-state index in [1.807, 2.05) is 0 Å². The monoisotopic (exact) mass is 285 g/mol. The van der Waals surface area contributed by atoms with Crippen LogP contribution in [0.1, 0.15) is 5.76 Å². The van der Waals surface area contributed by atoms with Crippen molar-refractivity contribution in [1.29, 1.82) is 0 Å². The van der Waals surface area contributed by atoms with E-state index in [0.29, 0.717) is 11.0 Å². The number of hydrogen-bond donors (Lipinski definition) is 1. The normalized spacial score (nSPS) is 25.1. The smallest absolute Gasteiger partial charge is 0.370 e. The van der Waals surface area contributed by atoms with Crippen molar-refractivity contribution in [3.8, 4) is 0 Å². The summed E-state index contributed by atoms with van der Waals surface area (Å²) in [6.07, 6.45) is -6.05. The fourth-order valence-corrected chi connectivity index (χ4v) is 1.80. The second-order valence-corrected chi connectivity index (χ2v) is 4.04. The maximum Gasteiger partial charge on any atom is 0.452 e. The maximum absolute atomic E-state index is 12.3. The Hall–Kier alpha value is -1.48. The summed E-state index contributed by atoms with van der Waals surface area (Å²) in [7, 11) is 1.26. The highest BCUT2D eigenvalue weighted by Gasteiger charge is 2.45. The number of likely N-dealkylation sites (N-methyl/N-ethyl adjacent to an activating group) is 1. The van der Waals surface area contributed by atoms with Crippen LogP contribution >= 0.6 is 11.6 Å². The predicted molar refractivity (Wildman–Crippen MR) is 52.8 cm³/mol. The van der Waals surface area contributed by atoms with Gasteiger partial charge in [0.1, 0.15) is 0 Å². The lowest BCUT2D eigenvalue weighted by Gasteiger charge is -2.14. The molecule has 2 rings (SSSR count). The lowest BCUT2D eigenvalue weighted by Crippen LogP contribution is -2.32. The van der Waals surface area contributed by atoms with Crippen LogP contribution in [-0.4, -0.2) is 40.0 Å². The van der Waals surface area contributed by atoms with E-state index in [1.165, 1.54) is 7.05 Å². The standard InChI is InChI=1S/C8H7ClF3N3O3/c1-14-6(16)5(9)15(7(14)17)4-2-3(18-13-4)8(10,11)12/h2,5-6,16H,1H3. The van der Waals surface area contributed by atoms with Crippen LogP contribution in [-0.2, 0) is 6.18 Å². The molecule has 0 aliphatic carbocycles. The molecule has 0 saturated carbocycles. The van der Waals surface area contributed by atoms with E-state index in [2.05, 4.69) is 9.68 Å². The fraction of sp³-hybridized carbons (Fsp3) is 0.500. The highest BCUT2D eigenvalue weighted by atomic mass is 35.5. The number of carbonyl (C=O) groups is 1. The lowest BCUT2D eigenvalue weighted by atomic mass is 10.4. The van der Waals surface area contributed by atoms with Gasteiger partial charge in [0.25, 0.3) is 0 Å². The second kappa shape index (κ2) is 4.02. The third-order valence-corrected chi connectivity index (χ3v) is 2.84. The molecular formula is C8H7ClF3N3O3. The van der Waals surface area contributed by atoms with Crippen molar-refractivity contribution in [3.63, 3.8) is 0 Å². The van der Waals surface area contributed by atoms with Crippen molar-refractivity contribution >= 4 is 23.4 Å². The van der Waals surface area contributed by atoms with Gasteiger partial charge in [0.15, 0.2) is 17.5 Å². The van der Waals surface area contributed by atoms with Crippen LogP contribution in [0.15, 0.2) is 10.6 Å². The number of nitrogens with zero attached hydrogens (tertiary/aromatic N) is 3. The molecule has 1 aromatic rings. The van der Waals surface area contributed by atoms with Crippen molar-refractivity contribution < 1.29 is 27.6 Å². The van der Waals surface area contributed by atoms with Crippen LogP contribution in [0.3, 0.4) is 0 Å². The van der Waals surface area contributed by atoms with Crippen molar-refractivity contribution in [2.75, 3.05) is 11.9 Å². The van der Waals surface area contributed by atoms with Gasteiger partial charge >= 0.3 is 12.2 Å². The number of carbonyl (C=O) groups excluding carboxylic acids is 1. The summed E-state index contributed by atoms with van der Waals surface area (Å²) in [5.74, 6) is -1.76. The Kier molecular flexibility index (Phi) is 2.90. The first-order valence-corrected chi connectivity index (χ1v) is 5.09. The van der Waals surface area contributed by atoms with Crippen molar-refractivity contribution in [2.24, 2.45) is 0 Å². The molecule has 10 heteroatoms. The Bertz CT molecular complexity index is 478. The summed E-state index contributed by atoms with van der Waals surface area (Å²) in [5.41, 5.74) is -1.24. The molecule has 0 radical (unpaired) electrons. The molecule has 2 unspecified atom stereocenters. The molecule has 2 atom stereocenters. The van der Waals surface area contributed by atoms with E-state index < -0.39 is 35.5 Å². The Morgan fingerprint density at radius 2 is 2.17 bits per heavy atom. The third-order valence-electron chi connectivity index (χ3n) is 2.42. The van der Waals surface area contributed by atoms with E-state index >= 15 is 0 Å². The number of aliphatic hydroxyl groups excluding tert-OH is 1. The van der Waals surface area contributed by atoms with Crippen molar-refractivity contribution in [3.05, 3.63) is 11.8 Å². The number of aliphatic hydroxyl groups is 1. The molecule has 1 N–H and O–H groups in total. The summed E-state index contributed by atoms with van der Waals surface area (Å²) in [6, 6.07) is -0.233. The summed E-state index contributed by atoms with van der Waals surface area (Å²) in [5, 5.41) is 12.6. The quantitative estimate of drug-likeness (QED) is 0.626. The number of amides is 2. The number of alkyl halides is 4. The Morgan fingerprint density at radius 1 is 1.56 bits per heavy atom. The first-order valence-electron chi connectivity index (χ1n) is 4.65. The first kappa shape index (κ1) is 13.0. The number of anilines is 1. The zero-order valence-corrected chi connectivity index (χ0v) is 9.61. The molecular weight excluding hydrogens is 279 g/mol. The van der Waals surface area contributed by atoms with Gasteiger partial charge in [-0.15, -0.1) is 0 Å². The summed E-state index contributed by atoms with van der Waals surface area (Å²) < 4.78 is 41.0. The number of rotatable bonds is 1. The molecule has 1 aromatic heterocycles. The number of halogens is 4. The zero-order valence-electron chi connectivity index (χ0n) is 8.85. The molecule has 0 bridgehead atoms. The van der Waals surface area contributed by atoms with Gasteiger partial charge in [-0.25, -0.2) is 4.79 Å². The molecule has 6 nitrogen and oxygen atoms in total. The maximum atomic E-state index is 12.3. The van der Waals surface area contributed by atoms with Gasteiger partial charge in [-0.3, -0.25) is 9.80 Å². The minimum absolute atomic E-state index is 0.407. The number of hydrogen-bond acceptors (Lipinski definition) is 4. The second-order valence-electron chi connectivity index (χ2n) is 3.60. The molecule has 0 aromatic carbocycles. The Labute approximate surface area is 103 Å². The molecule has 1 aliphatic heterocycles. The molecule has 1 fully saturated rings. The summed E-state index contributed by atoms with van der Waals surface area (Å²) in [6.45, 7) is 0. The van der Waals surface area contributed by atoms with Gasteiger partial charge in [0, 0.05) is 13.1 Å². The average Bonchev–Trinajstić information content (AvgIpc) is 2.81. The molecule has 2 amide bonds. The van der Waals surface area contributed by atoms with Gasteiger partial charge < -0.3 is 9.63 Å². The molecule has 1 saturated heterocycles. The van der Waals surface area contributed by atoms with Crippen molar-refractivity contribution in [1.82, 2.24) is 10.1 Å². The first-order chi connectivity index (χ1) is 8.23. The number of urea groups is 1. The van der Waals surface area contributed by atoms with E-state index in [9.17, 15) is 23.1 Å². The largest absolute Gasteiger partial charge is 0.452 e. The van der Waals surface area contributed by atoms with Crippen LogP contribution in [0.4, 0.5) is 23.8 Å². The van der Waals surface area contributed by atoms with Crippen LogP contribution in [0.25, 0.3) is 0 Å². The van der Waals surface area contributed by atoms with Crippen molar-refractivity contribution in [2.45, 2.75) is 17.9 Å². The molecule has 100 valence electrons. The molecule has 18 heavy (non-hydrogen) atoms. The van der Waals surface area contributed by atoms with Gasteiger partial charge in [0.2, 0.25) is 5.76 Å². The average molecular weight is 286 g/mol. The van der Waals surface area contributed by atoms with E-state index in [0.717, 1.165) is 4.90 Å². The lowest BCUT2D eigenvalue weighted by molar-refractivity contribution is -0.155. The highest BCUT2D eigenvalue weighted by Crippen LogP contribution is 2.34. The minimum atomic E-state index is -4.71. The van der Waals surface area contributed by atoms with Crippen LogP contribution in [0.5, 0.6) is 0 Å².